The minimum absolute atomic E-state index is 0.0781. The maximum absolute atomic E-state index is 12.3. The lowest BCUT2D eigenvalue weighted by atomic mass is 9.70. The van der Waals surface area contributed by atoms with Crippen LogP contribution in [0, 0.1) is 17.8 Å². The first-order chi connectivity index (χ1) is 14.4. The number of carboxylic acids is 1. The molecule has 1 saturated heterocycles. The molecule has 0 bridgehead atoms. The highest BCUT2D eigenvalue weighted by atomic mass is 16.5. The van der Waals surface area contributed by atoms with Gasteiger partial charge in [0.25, 0.3) is 0 Å². The Morgan fingerprint density at radius 3 is 2.77 bits per heavy atom. The summed E-state index contributed by atoms with van der Waals surface area (Å²) >= 11 is 0. The van der Waals surface area contributed by atoms with E-state index < -0.39 is 23.9 Å². The predicted molar refractivity (Wildman–Crippen MR) is 109 cm³/mol. The third kappa shape index (κ3) is 3.24. The summed E-state index contributed by atoms with van der Waals surface area (Å²) < 4.78 is 4.93. The van der Waals surface area contributed by atoms with Gasteiger partial charge in [0, 0.05) is 29.6 Å². The molecule has 0 spiro atoms. The first-order valence-corrected chi connectivity index (χ1v) is 10.4. The molecule has 5 atom stereocenters. The number of methoxy groups -OCH3 is 1. The number of H-pyrrole nitrogens is 1. The Morgan fingerprint density at radius 1 is 1.37 bits per heavy atom. The van der Waals surface area contributed by atoms with Crippen LogP contribution in [0.1, 0.15) is 37.1 Å². The number of nitrogens with zero attached hydrogens (tertiary/aromatic N) is 1. The standard InChI is InChI=1S/C22H28N2O6/c1-3-11-9-24-18(7-13(11)16(10-25)22(29)30-2)20-15(8-19(24)21(27)28)14-6-12(26)4-5-17(14)23-20/h4-6,11,13,16,18-19,23,25-26H,3,7-10H2,1-2H3,(H,27,28)/t11-,13+,16?,18+,19+/m1/s1. The van der Waals surface area contributed by atoms with Crippen LogP contribution in [-0.4, -0.2) is 63.4 Å². The first-order valence-electron chi connectivity index (χ1n) is 10.4. The number of phenolic OH excluding ortho intramolecular Hbond substituents is 1. The van der Waals surface area contributed by atoms with Gasteiger partial charge in [0.15, 0.2) is 0 Å². The van der Waals surface area contributed by atoms with Crippen molar-refractivity contribution in [2.45, 2.75) is 38.3 Å². The molecule has 2 aliphatic rings. The molecule has 8 nitrogen and oxygen atoms in total. The number of ether oxygens (including phenoxy) is 1. The van der Waals surface area contributed by atoms with E-state index in [4.69, 9.17) is 4.74 Å². The number of nitrogens with one attached hydrogen (secondary N) is 1. The van der Waals surface area contributed by atoms with E-state index in [0.29, 0.717) is 19.4 Å². The van der Waals surface area contributed by atoms with Gasteiger partial charge in [-0.25, -0.2) is 0 Å². The monoisotopic (exact) mass is 416 g/mol. The van der Waals surface area contributed by atoms with E-state index in [2.05, 4.69) is 4.98 Å². The molecule has 1 aromatic heterocycles. The molecular formula is C22H28N2O6. The van der Waals surface area contributed by atoms with Crippen molar-refractivity contribution in [3.05, 3.63) is 29.5 Å². The molecule has 3 heterocycles. The molecule has 8 heteroatoms. The van der Waals surface area contributed by atoms with Crippen LogP contribution in [0.3, 0.4) is 0 Å². The number of fused-ring (bicyclic) bond motifs is 5. The van der Waals surface area contributed by atoms with Crippen LogP contribution in [-0.2, 0) is 20.7 Å². The van der Waals surface area contributed by atoms with Gasteiger partial charge in [0.05, 0.1) is 25.7 Å². The Bertz CT molecular complexity index is 970. The molecular weight excluding hydrogens is 388 g/mol. The molecule has 4 N–H and O–H groups in total. The summed E-state index contributed by atoms with van der Waals surface area (Å²) in [6.07, 6.45) is 1.68. The highest BCUT2D eigenvalue weighted by Gasteiger charge is 2.48. The van der Waals surface area contributed by atoms with Crippen molar-refractivity contribution in [2.75, 3.05) is 20.3 Å². The largest absolute Gasteiger partial charge is 0.508 e. The van der Waals surface area contributed by atoms with Crippen LogP contribution in [0.4, 0.5) is 0 Å². The average molecular weight is 416 g/mol. The van der Waals surface area contributed by atoms with Crippen molar-refractivity contribution < 1.29 is 29.6 Å². The maximum atomic E-state index is 12.3. The number of carboxylic acid groups (broad SMARTS) is 1. The summed E-state index contributed by atoms with van der Waals surface area (Å²) in [5, 5.41) is 30.7. The van der Waals surface area contributed by atoms with Crippen molar-refractivity contribution in [2.24, 2.45) is 17.8 Å². The summed E-state index contributed by atoms with van der Waals surface area (Å²) in [7, 11) is 1.32. The molecule has 162 valence electrons. The molecule has 0 radical (unpaired) electrons. The topological polar surface area (TPSA) is 123 Å². The fraction of sp³-hybridized carbons (Fsp3) is 0.545. The Hall–Kier alpha value is -2.58. The summed E-state index contributed by atoms with van der Waals surface area (Å²) in [4.78, 5) is 29.9. The zero-order chi connectivity index (χ0) is 21.6. The minimum Gasteiger partial charge on any atom is -0.508 e. The Labute approximate surface area is 174 Å². The normalized spacial score (nSPS) is 27.3. The number of aliphatic hydroxyl groups excluding tert-OH is 1. The second-order valence-corrected chi connectivity index (χ2v) is 8.40. The Morgan fingerprint density at radius 2 is 2.13 bits per heavy atom. The molecule has 1 fully saturated rings. The third-order valence-electron chi connectivity index (χ3n) is 7.03. The zero-order valence-electron chi connectivity index (χ0n) is 17.2. The highest BCUT2D eigenvalue weighted by molar-refractivity contribution is 5.88. The molecule has 1 unspecified atom stereocenters. The van der Waals surface area contributed by atoms with E-state index >= 15 is 0 Å². The number of benzene rings is 1. The predicted octanol–water partition coefficient (Wildman–Crippen LogP) is 2.05. The van der Waals surface area contributed by atoms with Crippen molar-refractivity contribution in [3.8, 4) is 5.75 Å². The second kappa shape index (κ2) is 7.92. The Kier molecular flexibility index (Phi) is 5.46. The zero-order valence-corrected chi connectivity index (χ0v) is 17.2. The molecule has 2 aliphatic heterocycles. The Balaban J connectivity index is 1.80. The number of aromatic amines is 1. The maximum Gasteiger partial charge on any atom is 0.321 e. The number of phenols is 1. The van der Waals surface area contributed by atoms with E-state index in [1.807, 2.05) is 11.8 Å². The number of piperidine rings is 1. The molecule has 0 aliphatic carbocycles. The van der Waals surface area contributed by atoms with E-state index in [9.17, 15) is 24.9 Å². The van der Waals surface area contributed by atoms with Crippen LogP contribution < -0.4 is 0 Å². The van der Waals surface area contributed by atoms with Gasteiger partial charge < -0.3 is 25.0 Å². The van der Waals surface area contributed by atoms with E-state index in [1.165, 1.54) is 7.11 Å². The summed E-state index contributed by atoms with van der Waals surface area (Å²) in [6.45, 7) is 2.27. The summed E-state index contributed by atoms with van der Waals surface area (Å²) in [6, 6.07) is 4.18. The van der Waals surface area contributed by atoms with Gasteiger partial charge in [-0.1, -0.05) is 13.3 Å². The molecule has 0 amide bonds. The lowest BCUT2D eigenvalue weighted by Crippen LogP contribution is -2.55. The van der Waals surface area contributed by atoms with Crippen LogP contribution >= 0.6 is 0 Å². The summed E-state index contributed by atoms with van der Waals surface area (Å²) in [5.41, 5.74) is 2.70. The number of esters is 1. The van der Waals surface area contributed by atoms with Crippen LogP contribution in [0.5, 0.6) is 5.75 Å². The number of aromatic hydroxyl groups is 1. The number of rotatable bonds is 5. The van der Waals surface area contributed by atoms with Crippen LogP contribution in [0.2, 0.25) is 0 Å². The number of hydrogen-bond donors (Lipinski definition) is 4. The molecule has 2 aromatic rings. The second-order valence-electron chi connectivity index (χ2n) is 8.40. The number of aliphatic hydroxyl groups is 1. The van der Waals surface area contributed by atoms with Gasteiger partial charge in [-0.2, -0.15) is 0 Å². The quantitative estimate of drug-likeness (QED) is 0.550. The average Bonchev–Trinajstić information content (AvgIpc) is 3.10. The van der Waals surface area contributed by atoms with Crippen molar-refractivity contribution in [1.82, 2.24) is 9.88 Å². The highest BCUT2D eigenvalue weighted by Crippen LogP contribution is 2.48. The molecule has 4 rings (SSSR count). The molecule has 0 saturated carbocycles. The SMILES string of the molecule is CC[C@@H]1CN2[C@H](C(=O)O)Cc3c([nH]c4ccc(O)cc34)[C@@H]2C[C@@H]1C(CO)C(=O)OC. The fourth-order valence-electron chi connectivity index (χ4n) is 5.51. The van der Waals surface area contributed by atoms with Crippen molar-refractivity contribution in [3.63, 3.8) is 0 Å². The van der Waals surface area contributed by atoms with Gasteiger partial charge in [-0.3, -0.25) is 14.5 Å². The molecule has 1 aromatic carbocycles. The van der Waals surface area contributed by atoms with E-state index in [1.54, 1.807) is 18.2 Å². The van der Waals surface area contributed by atoms with Crippen molar-refractivity contribution >= 4 is 22.8 Å². The molecule has 30 heavy (non-hydrogen) atoms. The van der Waals surface area contributed by atoms with Gasteiger partial charge >= 0.3 is 11.9 Å². The number of carbonyl (C=O) groups excluding carboxylic acids is 1. The number of aliphatic carboxylic acids is 1. The first kappa shape index (κ1) is 20.7. The number of carbonyl (C=O) groups is 2. The number of hydrogen-bond acceptors (Lipinski definition) is 6. The van der Waals surface area contributed by atoms with Gasteiger partial charge in [0.2, 0.25) is 0 Å². The lowest BCUT2D eigenvalue weighted by molar-refractivity contribution is -0.155. The minimum atomic E-state index is -0.875. The lowest BCUT2D eigenvalue weighted by Gasteiger charge is -2.49. The van der Waals surface area contributed by atoms with Crippen molar-refractivity contribution in [1.29, 1.82) is 0 Å². The van der Waals surface area contributed by atoms with E-state index in [-0.39, 0.29) is 30.2 Å². The van der Waals surface area contributed by atoms with E-state index in [0.717, 1.165) is 28.6 Å². The summed E-state index contributed by atoms with van der Waals surface area (Å²) in [5.74, 6) is -1.84. The van der Waals surface area contributed by atoms with Gasteiger partial charge in [-0.15, -0.1) is 0 Å². The van der Waals surface area contributed by atoms with Crippen LogP contribution in [0.15, 0.2) is 18.2 Å². The number of aromatic nitrogens is 1. The smallest absolute Gasteiger partial charge is 0.321 e. The fourth-order valence-corrected chi connectivity index (χ4v) is 5.51. The van der Waals surface area contributed by atoms with Crippen LogP contribution in [0.25, 0.3) is 10.9 Å². The third-order valence-corrected chi connectivity index (χ3v) is 7.03. The van der Waals surface area contributed by atoms with Gasteiger partial charge in [-0.05, 0) is 42.0 Å². The van der Waals surface area contributed by atoms with Gasteiger partial charge in [0.1, 0.15) is 11.8 Å².